The van der Waals surface area contributed by atoms with E-state index in [1.165, 1.54) is 10.8 Å². The highest BCUT2D eigenvalue weighted by atomic mass is 33.1. The van der Waals surface area contributed by atoms with Crippen LogP contribution in [0.15, 0.2) is 6.20 Å². The molecule has 0 fully saturated rings. The SMILES string of the molecule is Cc1cn(CCSSF)nn1. The van der Waals surface area contributed by atoms with Crippen LogP contribution in [0.1, 0.15) is 5.69 Å². The average molecular weight is 193 g/mol. The second-order valence-corrected chi connectivity index (χ2v) is 3.86. The molecule has 0 aliphatic carbocycles. The minimum Gasteiger partial charge on any atom is -0.251 e. The standard InChI is InChI=1S/C5H8FN3S2/c1-5-4-9(8-7-5)2-3-10-11-6/h4H,2-3H2,1H3. The van der Waals surface area contributed by atoms with Crippen LogP contribution in [0.5, 0.6) is 0 Å². The molecule has 0 spiro atoms. The Morgan fingerprint density at radius 1 is 1.73 bits per heavy atom. The Hall–Kier alpha value is -0.230. The Labute approximate surface area is 72.4 Å². The van der Waals surface area contributed by atoms with E-state index < -0.39 is 0 Å². The van der Waals surface area contributed by atoms with Crippen LogP contribution in [0.4, 0.5) is 3.89 Å². The lowest BCUT2D eigenvalue weighted by molar-refractivity contribution is 0.633. The first kappa shape index (κ1) is 8.86. The Morgan fingerprint density at radius 3 is 3.09 bits per heavy atom. The fourth-order valence-corrected chi connectivity index (χ4v) is 1.40. The molecule has 0 saturated carbocycles. The molecule has 62 valence electrons. The summed E-state index contributed by atoms with van der Waals surface area (Å²) in [5.41, 5.74) is 0.892. The van der Waals surface area contributed by atoms with Crippen molar-refractivity contribution in [1.82, 2.24) is 15.0 Å². The number of rotatable bonds is 4. The van der Waals surface area contributed by atoms with E-state index in [-0.39, 0.29) is 11.2 Å². The van der Waals surface area contributed by atoms with Gasteiger partial charge in [-0.05, 0) is 6.92 Å². The molecular formula is C5H8FN3S2. The molecule has 0 atom stereocenters. The second-order valence-electron chi connectivity index (χ2n) is 2.01. The number of hydrogen-bond donors (Lipinski definition) is 0. The van der Waals surface area contributed by atoms with Gasteiger partial charge in [0.05, 0.1) is 12.2 Å². The molecule has 3 nitrogen and oxygen atoms in total. The lowest BCUT2D eigenvalue weighted by Gasteiger charge is -1.94. The van der Waals surface area contributed by atoms with E-state index >= 15 is 0 Å². The summed E-state index contributed by atoms with van der Waals surface area (Å²) in [6.45, 7) is 2.59. The molecule has 0 radical (unpaired) electrons. The maximum absolute atomic E-state index is 11.5. The van der Waals surface area contributed by atoms with Crippen molar-refractivity contribution >= 4 is 22.0 Å². The number of nitrogens with zero attached hydrogens (tertiary/aromatic N) is 3. The Morgan fingerprint density at radius 2 is 2.55 bits per heavy atom. The van der Waals surface area contributed by atoms with E-state index in [4.69, 9.17) is 0 Å². The van der Waals surface area contributed by atoms with E-state index in [1.807, 2.05) is 13.1 Å². The zero-order valence-corrected chi connectivity index (χ0v) is 7.66. The summed E-state index contributed by atoms with van der Waals surface area (Å²) in [5, 5.41) is 7.61. The van der Waals surface area contributed by atoms with Crippen LogP contribution in [0.25, 0.3) is 0 Å². The summed E-state index contributed by atoms with van der Waals surface area (Å²) < 4.78 is 13.2. The number of aromatic nitrogens is 3. The molecule has 0 bridgehead atoms. The van der Waals surface area contributed by atoms with Gasteiger partial charge in [0.15, 0.2) is 0 Å². The molecule has 0 aliphatic rings. The summed E-state index contributed by atoms with van der Waals surface area (Å²) in [7, 11) is 1.17. The van der Waals surface area contributed by atoms with Crippen molar-refractivity contribution in [2.75, 3.05) is 5.75 Å². The Balaban J connectivity index is 2.27. The molecule has 1 aromatic rings. The van der Waals surface area contributed by atoms with Gasteiger partial charge >= 0.3 is 0 Å². The van der Waals surface area contributed by atoms with Gasteiger partial charge in [-0.2, -0.15) is 3.89 Å². The number of aryl methyl sites for hydroxylation is 2. The van der Waals surface area contributed by atoms with Gasteiger partial charge in [0, 0.05) is 11.9 Å². The van der Waals surface area contributed by atoms with Crippen LogP contribution < -0.4 is 0 Å². The van der Waals surface area contributed by atoms with E-state index in [9.17, 15) is 3.89 Å². The van der Waals surface area contributed by atoms with Crippen molar-refractivity contribution in [2.24, 2.45) is 0 Å². The molecule has 0 aromatic carbocycles. The Bertz CT molecular complexity index is 215. The monoisotopic (exact) mass is 193 g/mol. The van der Waals surface area contributed by atoms with Gasteiger partial charge in [0.2, 0.25) is 0 Å². The lowest BCUT2D eigenvalue weighted by atomic mass is 10.6. The highest BCUT2D eigenvalue weighted by Crippen LogP contribution is 2.21. The van der Waals surface area contributed by atoms with E-state index in [0.717, 1.165) is 5.69 Å². The maximum atomic E-state index is 11.5. The van der Waals surface area contributed by atoms with E-state index in [1.54, 1.807) is 4.68 Å². The molecule has 1 rings (SSSR count). The summed E-state index contributed by atoms with van der Waals surface area (Å²) in [6.07, 6.45) is 1.84. The number of halogens is 1. The minimum atomic E-state index is 0.283. The molecule has 0 saturated heterocycles. The van der Waals surface area contributed by atoms with Gasteiger partial charge in [-0.1, -0.05) is 16.0 Å². The summed E-state index contributed by atoms with van der Waals surface area (Å²) in [5.74, 6) is 0.712. The van der Waals surface area contributed by atoms with Crippen molar-refractivity contribution in [1.29, 1.82) is 0 Å². The van der Waals surface area contributed by atoms with Gasteiger partial charge < -0.3 is 0 Å². The zero-order chi connectivity index (χ0) is 8.10. The van der Waals surface area contributed by atoms with Crippen LogP contribution in [-0.2, 0) is 6.54 Å². The highest BCUT2D eigenvalue weighted by molar-refractivity contribution is 8.74. The normalized spacial score (nSPS) is 10.4. The number of hydrogen-bond acceptors (Lipinski definition) is 4. The molecule has 6 heteroatoms. The molecular weight excluding hydrogens is 185 g/mol. The largest absolute Gasteiger partial charge is 0.251 e. The molecule has 0 amide bonds. The third-order valence-corrected chi connectivity index (χ3v) is 2.31. The van der Waals surface area contributed by atoms with Crippen molar-refractivity contribution in [3.8, 4) is 0 Å². The average Bonchev–Trinajstić information content (AvgIpc) is 2.37. The van der Waals surface area contributed by atoms with Gasteiger partial charge in [-0.25, -0.2) is 0 Å². The van der Waals surface area contributed by atoms with Crippen LogP contribution in [0.2, 0.25) is 0 Å². The fourth-order valence-electron chi connectivity index (χ4n) is 0.667. The fraction of sp³-hybridized carbons (Fsp3) is 0.600. The second kappa shape index (κ2) is 4.61. The highest BCUT2D eigenvalue weighted by Gasteiger charge is 1.94. The van der Waals surface area contributed by atoms with Gasteiger partial charge in [-0.15, -0.1) is 5.10 Å². The smallest absolute Gasteiger partial charge is 0.115 e. The van der Waals surface area contributed by atoms with Crippen LogP contribution in [-0.4, -0.2) is 20.7 Å². The van der Waals surface area contributed by atoms with Crippen molar-refractivity contribution in [3.05, 3.63) is 11.9 Å². The molecule has 11 heavy (non-hydrogen) atoms. The predicted octanol–water partition coefficient (Wildman–Crippen LogP) is 1.85. The van der Waals surface area contributed by atoms with Gasteiger partial charge in [0.25, 0.3) is 0 Å². The van der Waals surface area contributed by atoms with Crippen LogP contribution >= 0.6 is 22.0 Å². The predicted molar refractivity (Wildman–Crippen MR) is 45.9 cm³/mol. The zero-order valence-electron chi connectivity index (χ0n) is 6.03. The quantitative estimate of drug-likeness (QED) is 0.539. The minimum absolute atomic E-state index is 0.283. The summed E-state index contributed by atoms with van der Waals surface area (Å²) in [6, 6.07) is 0. The molecule has 1 aromatic heterocycles. The topological polar surface area (TPSA) is 30.7 Å². The van der Waals surface area contributed by atoms with Crippen LogP contribution in [0.3, 0.4) is 0 Å². The summed E-state index contributed by atoms with van der Waals surface area (Å²) in [4.78, 5) is 0. The molecule has 1 heterocycles. The van der Waals surface area contributed by atoms with Gasteiger partial charge in [-0.3, -0.25) is 4.68 Å². The first-order valence-corrected chi connectivity index (χ1v) is 5.32. The van der Waals surface area contributed by atoms with Gasteiger partial charge in [0.1, 0.15) is 11.2 Å². The third-order valence-electron chi connectivity index (χ3n) is 1.10. The summed E-state index contributed by atoms with van der Waals surface area (Å²) >= 11 is 0.283. The van der Waals surface area contributed by atoms with Crippen molar-refractivity contribution in [2.45, 2.75) is 13.5 Å². The third kappa shape index (κ3) is 3.11. The van der Waals surface area contributed by atoms with Crippen LogP contribution in [0, 0.1) is 6.92 Å². The molecule has 0 aliphatic heterocycles. The first-order chi connectivity index (χ1) is 5.33. The first-order valence-electron chi connectivity index (χ1n) is 3.10. The van der Waals surface area contributed by atoms with E-state index in [2.05, 4.69) is 10.3 Å². The van der Waals surface area contributed by atoms with E-state index in [0.29, 0.717) is 12.3 Å². The molecule has 0 N–H and O–H groups in total. The van der Waals surface area contributed by atoms with Crippen molar-refractivity contribution in [3.63, 3.8) is 0 Å². The molecule has 0 unspecified atom stereocenters. The maximum Gasteiger partial charge on any atom is 0.115 e. The van der Waals surface area contributed by atoms with Crippen molar-refractivity contribution < 1.29 is 3.89 Å². The Kier molecular flexibility index (Phi) is 3.71. The lowest BCUT2D eigenvalue weighted by Crippen LogP contribution is -2.00.